The lowest BCUT2D eigenvalue weighted by molar-refractivity contribution is 0.0531. The third-order valence-electron chi connectivity index (χ3n) is 2.77. The van der Waals surface area contributed by atoms with Gasteiger partial charge in [0.05, 0.1) is 17.2 Å². The number of carbonyl (C=O) groups excluding carboxylic acids is 2. The molecule has 1 saturated carbocycles. The highest BCUT2D eigenvalue weighted by Crippen LogP contribution is 2.32. The van der Waals surface area contributed by atoms with Crippen LogP contribution in [0.15, 0.2) is 0 Å². The second-order valence-corrected chi connectivity index (χ2v) is 5.32. The Kier molecular flexibility index (Phi) is 3.56. The molecule has 1 aromatic heterocycles. The summed E-state index contributed by atoms with van der Waals surface area (Å²) in [4.78, 5) is 24.1. The van der Waals surface area contributed by atoms with Crippen LogP contribution in [0.2, 0.25) is 0 Å². The lowest BCUT2D eigenvalue weighted by Crippen LogP contribution is -2.26. The Balaban J connectivity index is 2.24. The number of nitrogen functional groups attached to an aromatic ring is 1. The minimum absolute atomic E-state index is 0.195. The number of carbonyl (C=O) groups is 2. The summed E-state index contributed by atoms with van der Waals surface area (Å²) in [6, 6.07) is 0.266. The molecule has 0 atom stereocenters. The smallest absolute Gasteiger partial charge is 0.348 e. The number of anilines is 1. The van der Waals surface area contributed by atoms with Gasteiger partial charge in [-0.15, -0.1) is 11.3 Å². The third-order valence-corrected chi connectivity index (χ3v) is 3.88. The van der Waals surface area contributed by atoms with Crippen molar-refractivity contribution in [2.75, 3.05) is 12.3 Å². The fraction of sp³-hybridized carbons (Fsp3) is 0.500. The average molecular weight is 268 g/mol. The molecule has 0 aromatic carbocycles. The molecule has 2 rings (SSSR count). The summed E-state index contributed by atoms with van der Waals surface area (Å²) in [7, 11) is 0. The zero-order chi connectivity index (χ0) is 13.3. The van der Waals surface area contributed by atoms with Gasteiger partial charge in [0.2, 0.25) is 0 Å². The minimum Gasteiger partial charge on any atom is -0.462 e. The van der Waals surface area contributed by atoms with E-state index in [4.69, 9.17) is 10.5 Å². The van der Waals surface area contributed by atoms with Crippen molar-refractivity contribution in [3.8, 4) is 0 Å². The second kappa shape index (κ2) is 4.97. The van der Waals surface area contributed by atoms with Crippen LogP contribution >= 0.6 is 11.3 Å². The third kappa shape index (κ3) is 2.48. The van der Waals surface area contributed by atoms with E-state index in [0.29, 0.717) is 27.6 Å². The number of thiophene rings is 1. The van der Waals surface area contributed by atoms with E-state index < -0.39 is 5.97 Å². The number of amides is 1. The van der Waals surface area contributed by atoms with E-state index in [2.05, 4.69) is 5.32 Å². The highest BCUT2D eigenvalue weighted by molar-refractivity contribution is 7.18. The van der Waals surface area contributed by atoms with Crippen molar-refractivity contribution in [1.29, 1.82) is 0 Å². The number of nitrogens with one attached hydrogen (secondary N) is 1. The maximum absolute atomic E-state index is 12.0. The average Bonchev–Trinajstić information content (AvgIpc) is 3.04. The second-order valence-electron chi connectivity index (χ2n) is 4.26. The fourth-order valence-corrected chi connectivity index (χ4v) is 2.66. The summed E-state index contributed by atoms with van der Waals surface area (Å²) in [5, 5.41) is 3.24. The summed E-state index contributed by atoms with van der Waals surface area (Å²) in [5.41, 5.74) is 6.84. The first-order valence-corrected chi connectivity index (χ1v) is 6.73. The molecule has 0 saturated heterocycles. The van der Waals surface area contributed by atoms with Gasteiger partial charge in [-0.2, -0.15) is 0 Å². The Morgan fingerprint density at radius 3 is 2.72 bits per heavy atom. The van der Waals surface area contributed by atoms with Gasteiger partial charge in [-0.25, -0.2) is 4.79 Å². The van der Waals surface area contributed by atoms with E-state index in [9.17, 15) is 9.59 Å². The van der Waals surface area contributed by atoms with E-state index >= 15 is 0 Å². The van der Waals surface area contributed by atoms with Crippen LogP contribution in [0.4, 0.5) is 5.00 Å². The van der Waals surface area contributed by atoms with Crippen LogP contribution in [0.3, 0.4) is 0 Å². The van der Waals surface area contributed by atoms with Crippen LogP contribution in [0.1, 0.15) is 45.4 Å². The summed E-state index contributed by atoms with van der Waals surface area (Å²) < 4.78 is 4.93. The van der Waals surface area contributed by atoms with Gasteiger partial charge in [0.15, 0.2) is 0 Å². The molecule has 1 heterocycles. The van der Waals surface area contributed by atoms with Crippen molar-refractivity contribution in [1.82, 2.24) is 5.32 Å². The van der Waals surface area contributed by atoms with Gasteiger partial charge >= 0.3 is 5.97 Å². The number of rotatable bonds is 4. The molecule has 1 aliphatic carbocycles. The lowest BCUT2D eigenvalue weighted by atomic mass is 10.1. The number of esters is 1. The molecule has 1 aliphatic rings. The van der Waals surface area contributed by atoms with Crippen LogP contribution in [0.5, 0.6) is 0 Å². The number of hydrogen-bond acceptors (Lipinski definition) is 5. The quantitative estimate of drug-likeness (QED) is 0.814. The van der Waals surface area contributed by atoms with Gasteiger partial charge in [-0.05, 0) is 32.3 Å². The Hall–Kier alpha value is -1.56. The van der Waals surface area contributed by atoms with Gasteiger partial charge in [0, 0.05) is 6.04 Å². The molecule has 1 amide bonds. The molecule has 1 fully saturated rings. The van der Waals surface area contributed by atoms with Crippen molar-refractivity contribution in [3.63, 3.8) is 0 Å². The van der Waals surface area contributed by atoms with Crippen LogP contribution in [-0.4, -0.2) is 24.5 Å². The molecule has 0 radical (unpaired) electrons. The predicted molar refractivity (Wildman–Crippen MR) is 69.9 cm³/mol. The van der Waals surface area contributed by atoms with Crippen LogP contribution < -0.4 is 11.1 Å². The van der Waals surface area contributed by atoms with Gasteiger partial charge in [0.1, 0.15) is 4.88 Å². The first kappa shape index (κ1) is 12.9. The number of hydrogen-bond donors (Lipinski definition) is 2. The molecule has 5 nitrogen and oxygen atoms in total. The zero-order valence-corrected chi connectivity index (χ0v) is 11.2. The van der Waals surface area contributed by atoms with E-state index in [1.165, 1.54) is 0 Å². The number of ether oxygens (including phenoxy) is 1. The molecule has 0 aliphatic heterocycles. The largest absolute Gasteiger partial charge is 0.462 e. The van der Waals surface area contributed by atoms with Crippen molar-refractivity contribution < 1.29 is 14.3 Å². The molecule has 6 heteroatoms. The normalized spacial score (nSPS) is 14.3. The maximum atomic E-state index is 12.0. The van der Waals surface area contributed by atoms with Gasteiger partial charge in [-0.3, -0.25) is 4.79 Å². The lowest BCUT2D eigenvalue weighted by Gasteiger charge is -2.04. The molecular weight excluding hydrogens is 252 g/mol. The summed E-state index contributed by atoms with van der Waals surface area (Å²) >= 11 is 1.11. The van der Waals surface area contributed by atoms with Crippen molar-refractivity contribution in [2.45, 2.75) is 32.7 Å². The van der Waals surface area contributed by atoms with Gasteiger partial charge in [-0.1, -0.05) is 0 Å². The molecule has 0 unspecified atom stereocenters. The SMILES string of the molecule is CCOC(=O)c1sc(N)c(C(=O)NC2CC2)c1C. The van der Waals surface area contributed by atoms with Crippen LogP contribution in [-0.2, 0) is 4.74 Å². The summed E-state index contributed by atoms with van der Waals surface area (Å²) in [6.45, 7) is 3.77. The molecule has 3 N–H and O–H groups in total. The molecule has 98 valence electrons. The first-order valence-electron chi connectivity index (χ1n) is 5.91. The summed E-state index contributed by atoms with van der Waals surface area (Å²) in [6.07, 6.45) is 2.03. The van der Waals surface area contributed by atoms with Crippen molar-refractivity contribution >= 4 is 28.2 Å². The van der Waals surface area contributed by atoms with E-state index in [1.54, 1.807) is 13.8 Å². The minimum atomic E-state index is -0.419. The predicted octanol–water partition coefficient (Wildman–Crippen LogP) is 1.71. The Labute approximate surface area is 109 Å². The van der Waals surface area contributed by atoms with E-state index in [0.717, 1.165) is 24.2 Å². The van der Waals surface area contributed by atoms with E-state index in [1.807, 2.05) is 0 Å². The Bertz CT molecular complexity index is 492. The van der Waals surface area contributed by atoms with Crippen LogP contribution in [0.25, 0.3) is 0 Å². The first-order chi connectivity index (χ1) is 8.54. The fourth-order valence-electron chi connectivity index (χ4n) is 1.69. The molecular formula is C12H16N2O3S. The number of nitrogens with two attached hydrogens (primary N) is 1. The molecule has 0 spiro atoms. The highest BCUT2D eigenvalue weighted by Gasteiger charge is 2.28. The maximum Gasteiger partial charge on any atom is 0.348 e. The van der Waals surface area contributed by atoms with E-state index in [-0.39, 0.29) is 11.9 Å². The van der Waals surface area contributed by atoms with Crippen molar-refractivity contribution in [3.05, 3.63) is 16.0 Å². The molecule has 1 aromatic rings. The monoisotopic (exact) mass is 268 g/mol. The molecule has 18 heavy (non-hydrogen) atoms. The molecule has 0 bridgehead atoms. The Morgan fingerprint density at radius 2 is 2.17 bits per heavy atom. The zero-order valence-electron chi connectivity index (χ0n) is 10.4. The standard InChI is InChI=1S/C12H16N2O3S/c1-3-17-12(16)9-6(2)8(10(13)18-9)11(15)14-7-4-5-7/h7H,3-5,13H2,1-2H3,(H,14,15). The van der Waals surface area contributed by atoms with Gasteiger partial charge in [0.25, 0.3) is 5.91 Å². The topological polar surface area (TPSA) is 81.4 Å². The van der Waals surface area contributed by atoms with Crippen LogP contribution in [0, 0.1) is 6.92 Å². The van der Waals surface area contributed by atoms with Gasteiger partial charge < -0.3 is 15.8 Å². The highest BCUT2D eigenvalue weighted by atomic mass is 32.1. The Morgan fingerprint density at radius 1 is 1.50 bits per heavy atom. The van der Waals surface area contributed by atoms with Crippen molar-refractivity contribution in [2.24, 2.45) is 0 Å². The summed E-state index contributed by atoms with van der Waals surface area (Å²) in [5.74, 6) is -0.614.